The Hall–Kier alpha value is 0.427. The third-order valence-electron chi connectivity index (χ3n) is 4.80. The fourth-order valence-corrected chi connectivity index (χ4v) is 3.44. The maximum Gasteiger partial charge on any atom is 0.191 e. The minimum absolute atomic E-state index is 0.312. The normalized spacial score (nSPS) is 22.2. The van der Waals surface area contributed by atoms with Gasteiger partial charge in [-0.15, -0.1) is 0 Å². The van der Waals surface area contributed by atoms with Crippen LogP contribution in [0.2, 0.25) is 18.1 Å². The average Bonchev–Trinajstić information content (AvgIpc) is 2.25. The van der Waals surface area contributed by atoms with Gasteiger partial charge in [-0.2, -0.15) is 0 Å². The lowest BCUT2D eigenvalue weighted by atomic mass is 9.87. The number of nitrogens with zero attached hydrogens (tertiary/aromatic N) is 1. The molecule has 0 bridgehead atoms. The van der Waals surface area contributed by atoms with Crippen molar-refractivity contribution in [2.75, 3.05) is 19.7 Å². The third kappa shape index (κ3) is 4.51. The predicted molar refractivity (Wildman–Crippen MR) is 82.5 cm³/mol. The quantitative estimate of drug-likeness (QED) is 0.558. The van der Waals surface area contributed by atoms with Crippen LogP contribution in [0, 0.1) is 11.8 Å². The van der Waals surface area contributed by atoms with Crippen molar-refractivity contribution < 1.29 is 4.43 Å². The SMILES string of the molecule is CC(CO[Si](C)(C)C(C)(C)C)C1CCN(Cl)CC1. The Balaban J connectivity index is 2.39. The van der Waals surface area contributed by atoms with Gasteiger partial charge in [-0.05, 0) is 54.6 Å². The number of halogens is 1. The zero-order chi connectivity index (χ0) is 14.0. The third-order valence-corrected chi connectivity index (χ3v) is 9.64. The topological polar surface area (TPSA) is 12.5 Å². The molecule has 0 spiro atoms. The molecule has 4 heteroatoms. The number of piperidine rings is 1. The fraction of sp³-hybridized carbons (Fsp3) is 1.00. The van der Waals surface area contributed by atoms with Crippen molar-refractivity contribution >= 4 is 20.1 Å². The van der Waals surface area contributed by atoms with E-state index in [1.165, 1.54) is 12.8 Å². The van der Waals surface area contributed by atoms with Crippen LogP contribution >= 0.6 is 11.8 Å². The summed E-state index contributed by atoms with van der Waals surface area (Å²) in [5, 5.41) is 0.312. The summed E-state index contributed by atoms with van der Waals surface area (Å²) in [4.78, 5) is 0. The maximum atomic E-state index is 6.33. The first-order valence-electron chi connectivity index (χ1n) is 7.18. The molecule has 1 unspecified atom stereocenters. The van der Waals surface area contributed by atoms with Crippen molar-refractivity contribution in [1.29, 1.82) is 0 Å². The van der Waals surface area contributed by atoms with E-state index < -0.39 is 8.32 Å². The van der Waals surface area contributed by atoms with Gasteiger partial charge in [0.15, 0.2) is 8.32 Å². The molecule has 1 saturated heterocycles. The Kier molecular flexibility index (Phi) is 5.72. The minimum Gasteiger partial charge on any atom is -0.417 e. The molecule has 0 aromatic heterocycles. The molecule has 108 valence electrons. The number of hydrogen-bond donors (Lipinski definition) is 0. The van der Waals surface area contributed by atoms with Crippen LogP contribution in [0.1, 0.15) is 40.5 Å². The molecule has 1 atom stereocenters. The molecule has 18 heavy (non-hydrogen) atoms. The van der Waals surface area contributed by atoms with Gasteiger partial charge < -0.3 is 4.43 Å². The molecule has 1 aliphatic heterocycles. The molecule has 0 aliphatic carbocycles. The molecular formula is C14H30ClNOSi. The maximum absolute atomic E-state index is 6.33. The lowest BCUT2D eigenvalue weighted by Gasteiger charge is -2.38. The molecule has 0 N–H and O–H groups in total. The van der Waals surface area contributed by atoms with Crippen molar-refractivity contribution in [3.05, 3.63) is 0 Å². The van der Waals surface area contributed by atoms with Crippen LogP contribution in [-0.2, 0) is 4.43 Å². The second-order valence-electron chi connectivity index (χ2n) is 7.30. The Morgan fingerprint density at radius 3 is 2.22 bits per heavy atom. The van der Waals surface area contributed by atoms with Crippen LogP contribution in [-0.4, -0.2) is 32.4 Å². The van der Waals surface area contributed by atoms with Crippen LogP contribution in [0.25, 0.3) is 0 Å². The molecule has 1 fully saturated rings. The second-order valence-corrected chi connectivity index (χ2v) is 12.6. The van der Waals surface area contributed by atoms with Crippen LogP contribution in [0.4, 0.5) is 0 Å². The molecule has 0 aromatic rings. The first-order valence-corrected chi connectivity index (χ1v) is 10.4. The summed E-state index contributed by atoms with van der Waals surface area (Å²) in [7, 11) is -1.58. The Bertz CT molecular complexity index is 257. The molecule has 0 amide bonds. The molecule has 0 saturated carbocycles. The highest BCUT2D eigenvalue weighted by Crippen LogP contribution is 2.37. The van der Waals surface area contributed by atoms with Crippen molar-refractivity contribution in [1.82, 2.24) is 4.42 Å². The summed E-state index contributed by atoms with van der Waals surface area (Å²) in [6, 6.07) is 0. The van der Waals surface area contributed by atoms with Crippen molar-refractivity contribution in [2.45, 2.75) is 58.7 Å². The summed E-state index contributed by atoms with van der Waals surface area (Å²) < 4.78 is 8.24. The first kappa shape index (κ1) is 16.5. The fourth-order valence-electron chi connectivity index (χ4n) is 2.13. The number of rotatable bonds is 4. The Morgan fingerprint density at radius 1 is 1.28 bits per heavy atom. The largest absolute Gasteiger partial charge is 0.417 e. The smallest absolute Gasteiger partial charge is 0.191 e. The lowest BCUT2D eigenvalue weighted by Crippen LogP contribution is -2.42. The van der Waals surface area contributed by atoms with Gasteiger partial charge in [0.2, 0.25) is 0 Å². The molecular weight excluding hydrogens is 262 g/mol. The highest BCUT2D eigenvalue weighted by Gasteiger charge is 2.37. The van der Waals surface area contributed by atoms with E-state index in [1.807, 2.05) is 4.42 Å². The highest BCUT2D eigenvalue weighted by atomic mass is 35.5. The van der Waals surface area contributed by atoms with Gasteiger partial charge >= 0.3 is 0 Å². The zero-order valence-electron chi connectivity index (χ0n) is 12.9. The van der Waals surface area contributed by atoms with Gasteiger partial charge in [-0.3, -0.25) is 0 Å². The van der Waals surface area contributed by atoms with Gasteiger partial charge in [-0.25, -0.2) is 4.42 Å². The van der Waals surface area contributed by atoms with Crippen LogP contribution in [0.5, 0.6) is 0 Å². The van der Waals surface area contributed by atoms with E-state index in [2.05, 4.69) is 40.8 Å². The summed E-state index contributed by atoms with van der Waals surface area (Å²) in [5.41, 5.74) is 0. The average molecular weight is 292 g/mol. The van der Waals surface area contributed by atoms with Crippen LogP contribution in [0.15, 0.2) is 0 Å². The summed E-state index contributed by atoms with van der Waals surface area (Å²) in [6.07, 6.45) is 2.43. The van der Waals surface area contributed by atoms with Gasteiger partial charge in [0.1, 0.15) is 0 Å². The molecule has 0 radical (unpaired) electrons. The number of hydrogen-bond acceptors (Lipinski definition) is 2. The predicted octanol–water partition coefficient (Wildman–Crippen LogP) is 4.51. The highest BCUT2D eigenvalue weighted by molar-refractivity contribution is 6.74. The summed E-state index contributed by atoms with van der Waals surface area (Å²) in [6.45, 7) is 16.9. The summed E-state index contributed by atoms with van der Waals surface area (Å²) >= 11 is 6.01. The van der Waals surface area contributed by atoms with Crippen molar-refractivity contribution in [3.8, 4) is 0 Å². The second kappa shape index (κ2) is 6.25. The molecule has 1 rings (SSSR count). The zero-order valence-corrected chi connectivity index (χ0v) is 14.7. The molecule has 1 aliphatic rings. The first-order chi connectivity index (χ1) is 8.13. The van der Waals surface area contributed by atoms with Crippen LogP contribution < -0.4 is 0 Å². The van der Waals surface area contributed by atoms with E-state index in [1.54, 1.807) is 0 Å². The van der Waals surface area contributed by atoms with E-state index in [0.29, 0.717) is 11.0 Å². The minimum atomic E-state index is -1.58. The Labute approximate surface area is 119 Å². The van der Waals surface area contributed by atoms with E-state index in [9.17, 15) is 0 Å². The van der Waals surface area contributed by atoms with Gasteiger partial charge in [0.25, 0.3) is 0 Å². The molecule has 0 aromatic carbocycles. The van der Waals surface area contributed by atoms with Gasteiger partial charge in [-0.1, -0.05) is 27.7 Å². The van der Waals surface area contributed by atoms with E-state index in [-0.39, 0.29) is 0 Å². The van der Waals surface area contributed by atoms with Gasteiger partial charge in [0.05, 0.1) is 0 Å². The summed E-state index contributed by atoms with van der Waals surface area (Å²) in [5.74, 6) is 1.44. The monoisotopic (exact) mass is 291 g/mol. The van der Waals surface area contributed by atoms with Crippen LogP contribution in [0.3, 0.4) is 0 Å². The molecule has 1 heterocycles. The lowest BCUT2D eigenvalue weighted by molar-refractivity contribution is 0.151. The van der Waals surface area contributed by atoms with E-state index >= 15 is 0 Å². The van der Waals surface area contributed by atoms with E-state index in [0.717, 1.165) is 25.6 Å². The molecule has 2 nitrogen and oxygen atoms in total. The van der Waals surface area contributed by atoms with Gasteiger partial charge in [0, 0.05) is 19.7 Å². The Morgan fingerprint density at radius 2 is 1.78 bits per heavy atom. The van der Waals surface area contributed by atoms with Crippen molar-refractivity contribution in [2.24, 2.45) is 11.8 Å². The van der Waals surface area contributed by atoms with E-state index in [4.69, 9.17) is 16.2 Å². The standard InChI is InChI=1S/C14H30ClNOSi/c1-12(13-7-9-16(15)10-8-13)11-17-18(5,6)14(2,3)4/h12-13H,7-11H2,1-6H3. The van der Waals surface area contributed by atoms with Crippen molar-refractivity contribution in [3.63, 3.8) is 0 Å².